The summed E-state index contributed by atoms with van der Waals surface area (Å²) >= 11 is 1.77. The van der Waals surface area contributed by atoms with E-state index in [-0.39, 0.29) is 10.6 Å². The predicted molar refractivity (Wildman–Crippen MR) is 70.4 cm³/mol. The van der Waals surface area contributed by atoms with Crippen molar-refractivity contribution in [2.45, 2.75) is 25.1 Å². The van der Waals surface area contributed by atoms with Crippen molar-refractivity contribution in [2.75, 3.05) is 12.8 Å². The molecule has 0 unspecified atom stereocenters. The van der Waals surface area contributed by atoms with Crippen LogP contribution in [0.1, 0.15) is 25.0 Å². The summed E-state index contributed by atoms with van der Waals surface area (Å²) in [7, 11) is 0. The monoisotopic (exact) mass is 252 g/mol. The van der Waals surface area contributed by atoms with E-state index in [1.165, 1.54) is 6.07 Å². The molecule has 0 radical (unpaired) electrons. The fourth-order valence-corrected chi connectivity index (χ4v) is 1.58. The predicted octanol–water partition coefficient (Wildman–Crippen LogP) is 2.93. The number of hydrogen-bond acceptors (Lipinski definition) is 3. The SMILES string of the molecule is CSC(C)(C)CNCc1ccc(C#N)cc1F. The highest BCUT2D eigenvalue weighted by Gasteiger charge is 2.15. The number of halogens is 1. The maximum absolute atomic E-state index is 13.5. The zero-order chi connectivity index (χ0) is 12.9. The smallest absolute Gasteiger partial charge is 0.129 e. The molecule has 0 spiro atoms. The summed E-state index contributed by atoms with van der Waals surface area (Å²) in [5.41, 5.74) is 0.955. The average Bonchev–Trinajstić information content (AvgIpc) is 2.31. The van der Waals surface area contributed by atoms with E-state index in [0.29, 0.717) is 17.7 Å². The van der Waals surface area contributed by atoms with Gasteiger partial charge in [-0.1, -0.05) is 6.07 Å². The normalized spacial score (nSPS) is 11.2. The van der Waals surface area contributed by atoms with Gasteiger partial charge >= 0.3 is 0 Å². The molecule has 92 valence electrons. The molecule has 17 heavy (non-hydrogen) atoms. The first-order valence-corrected chi connectivity index (χ1v) is 6.65. The first kappa shape index (κ1) is 14.0. The molecule has 0 saturated carbocycles. The first-order chi connectivity index (χ1) is 7.98. The molecule has 4 heteroatoms. The molecule has 0 aliphatic carbocycles. The van der Waals surface area contributed by atoms with Crippen LogP contribution in [0.25, 0.3) is 0 Å². The summed E-state index contributed by atoms with van der Waals surface area (Å²) in [6, 6.07) is 6.49. The van der Waals surface area contributed by atoms with Crippen molar-refractivity contribution in [3.8, 4) is 6.07 Å². The number of nitriles is 1. The lowest BCUT2D eigenvalue weighted by Crippen LogP contribution is -2.31. The Balaban J connectivity index is 2.56. The number of rotatable bonds is 5. The number of thioether (sulfide) groups is 1. The molecule has 0 aromatic heterocycles. The lowest BCUT2D eigenvalue weighted by Gasteiger charge is -2.22. The Morgan fingerprint density at radius 3 is 2.71 bits per heavy atom. The molecular weight excluding hydrogens is 235 g/mol. The minimum Gasteiger partial charge on any atom is -0.311 e. The lowest BCUT2D eigenvalue weighted by molar-refractivity contribution is 0.559. The van der Waals surface area contributed by atoms with Gasteiger partial charge in [-0.15, -0.1) is 0 Å². The molecule has 1 N–H and O–H groups in total. The van der Waals surface area contributed by atoms with Gasteiger partial charge in [0, 0.05) is 23.4 Å². The lowest BCUT2D eigenvalue weighted by atomic mass is 10.1. The second-order valence-electron chi connectivity index (χ2n) is 4.49. The van der Waals surface area contributed by atoms with Crippen LogP contribution in [0.5, 0.6) is 0 Å². The summed E-state index contributed by atoms with van der Waals surface area (Å²) < 4.78 is 13.7. The zero-order valence-electron chi connectivity index (χ0n) is 10.4. The molecule has 0 fully saturated rings. The Morgan fingerprint density at radius 2 is 2.18 bits per heavy atom. The second kappa shape index (κ2) is 6.04. The summed E-state index contributed by atoms with van der Waals surface area (Å²) in [6.45, 7) is 5.58. The van der Waals surface area contributed by atoms with E-state index in [0.717, 1.165) is 6.54 Å². The molecule has 0 saturated heterocycles. The van der Waals surface area contributed by atoms with Gasteiger partial charge in [0.1, 0.15) is 5.82 Å². The third kappa shape index (κ3) is 4.37. The molecule has 1 aromatic rings. The minimum absolute atomic E-state index is 0.142. The van der Waals surface area contributed by atoms with E-state index in [4.69, 9.17) is 5.26 Å². The van der Waals surface area contributed by atoms with Crippen molar-refractivity contribution in [1.29, 1.82) is 5.26 Å². The summed E-state index contributed by atoms with van der Waals surface area (Å²) in [4.78, 5) is 0. The van der Waals surface area contributed by atoms with Gasteiger partial charge in [0.15, 0.2) is 0 Å². The van der Waals surface area contributed by atoms with Crippen molar-refractivity contribution in [2.24, 2.45) is 0 Å². The van der Waals surface area contributed by atoms with Crippen molar-refractivity contribution in [3.05, 3.63) is 35.1 Å². The molecule has 0 bridgehead atoms. The van der Waals surface area contributed by atoms with Crippen LogP contribution in [0.4, 0.5) is 4.39 Å². The van der Waals surface area contributed by atoms with Crippen LogP contribution in [-0.4, -0.2) is 17.5 Å². The Morgan fingerprint density at radius 1 is 1.47 bits per heavy atom. The zero-order valence-corrected chi connectivity index (χ0v) is 11.2. The van der Waals surface area contributed by atoms with Crippen LogP contribution >= 0.6 is 11.8 Å². The second-order valence-corrected chi connectivity index (χ2v) is 6.00. The Kier molecular flexibility index (Phi) is 4.98. The average molecular weight is 252 g/mol. The first-order valence-electron chi connectivity index (χ1n) is 5.43. The van der Waals surface area contributed by atoms with Crippen LogP contribution in [0.15, 0.2) is 18.2 Å². The molecular formula is C13H17FN2S. The van der Waals surface area contributed by atoms with E-state index in [9.17, 15) is 4.39 Å². The van der Waals surface area contributed by atoms with Gasteiger partial charge in [0.05, 0.1) is 11.6 Å². The highest BCUT2D eigenvalue weighted by atomic mass is 32.2. The maximum Gasteiger partial charge on any atom is 0.129 e. The fraction of sp³-hybridized carbons (Fsp3) is 0.462. The van der Waals surface area contributed by atoms with Crippen LogP contribution in [0.3, 0.4) is 0 Å². The molecule has 0 amide bonds. The van der Waals surface area contributed by atoms with Crippen molar-refractivity contribution >= 4 is 11.8 Å². The number of nitrogens with one attached hydrogen (secondary N) is 1. The topological polar surface area (TPSA) is 35.8 Å². The van der Waals surface area contributed by atoms with E-state index in [1.54, 1.807) is 23.9 Å². The minimum atomic E-state index is -0.321. The van der Waals surface area contributed by atoms with Crippen molar-refractivity contribution in [3.63, 3.8) is 0 Å². The van der Waals surface area contributed by atoms with E-state index >= 15 is 0 Å². The molecule has 0 atom stereocenters. The summed E-state index contributed by atoms with van der Waals surface area (Å²) in [6.07, 6.45) is 2.06. The Hall–Kier alpha value is -1.05. The fourth-order valence-electron chi connectivity index (χ4n) is 1.33. The van der Waals surface area contributed by atoms with Gasteiger partial charge < -0.3 is 5.32 Å². The molecule has 2 nitrogen and oxygen atoms in total. The van der Waals surface area contributed by atoms with Crippen LogP contribution in [0, 0.1) is 17.1 Å². The molecule has 0 aliphatic heterocycles. The van der Waals surface area contributed by atoms with Gasteiger partial charge in [-0.3, -0.25) is 0 Å². The third-order valence-corrected chi connectivity index (χ3v) is 3.85. The standard InChI is InChI=1S/C13H17FN2S/c1-13(2,17-3)9-16-8-11-5-4-10(7-15)6-12(11)14/h4-6,16H,8-9H2,1-3H3. The molecule has 1 aromatic carbocycles. The van der Waals surface area contributed by atoms with E-state index < -0.39 is 0 Å². The van der Waals surface area contributed by atoms with Crippen LogP contribution in [-0.2, 0) is 6.54 Å². The Labute approximate surface area is 106 Å². The largest absolute Gasteiger partial charge is 0.311 e. The summed E-state index contributed by atoms with van der Waals surface area (Å²) in [5.74, 6) is -0.321. The van der Waals surface area contributed by atoms with Gasteiger partial charge in [0.25, 0.3) is 0 Å². The van der Waals surface area contributed by atoms with E-state index in [2.05, 4.69) is 25.4 Å². The van der Waals surface area contributed by atoms with Crippen molar-refractivity contribution < 1.29 is 4.39 Å². The molecule has 0 aliphatic rings. The van der Waals surface area contributed by atoms with Gasteiger partial charge in [-0.25, -0.2) is 4.39 Å². The van der Waals surface area contributed by atoms with Gasteiger partial charge in [0.2, 0.25) is 0 Å². The van der Waals surface area contributed by atoms with Crippen molar-refractivity contribution in [1.82, 2.24) is 5.32 Å². The summed E-state index contributed by atoms with van der Waals surface area (Å²) in [5, 5.41) is 11.9. The van der Waals surface area contributed by atoms with Gasteiger partial charge in [-0.2, -0.15) is 17.0 Å². The van der Waals surface area contributed by atoms with E-state index in [1.807, 2.05) is 6.07 Å². The Bertz CT molecular complexity index is 424. The maximum atomic E-state index is 13.5. The third-order valence-electron chi connectivity index (χ3n) is 2.60. The van der Waals surface area contributed by atoms with Crippen LogP contribution < -0.4 is 5.32 Å². The molecule has 0 heterocycles. The number of benzene rings is 1. The highest BCUT2D eigenvalue weighted by Crippen LogP contribution is 2.19. The highest BCUT2D eigenvalue weighted by molar-refractivity contribution is 7.99. The number of nitrogens with zero attached hydrogens (tertiary/aromatic N) is 1. The quantitative estimate of drug-likeness (QED) is 0.875. The van der Waals surface area contributed by atoms with Crippen LogP contribution in [0.2, 0.25) is 0 Å². The van der Waals surface area contributed by atoms with Gasteiger partial charge in [-0.05, 0) is 32.2 Å². The molecule has 1 rings (SSSR count). The number of hydrogen-bond donors (Lipinski definition) is 1.